The summed E-state index contributed by atoms with van der Waals surface area (Å²) in [5.41, 5.74) is -0.664. The molecule has 0 spiro atoms. The Labute approximate surface area is 114 Å². The van der Waals surface area contributed by atoms with Gasteiger partial charge in [-0.3, -0.25) is 0 Å². The normalized spacial score (nSPS) is 13.6. The van der Waals surface area contributed by atoms with Gasteiger partial charge in [-0.25, -0.2) is 4.39 Å². The van der Waals surface area contributed by atoms with Gasteiger partial charge in [-0.15, -0.1) is 0 Å². The molecule has 1 nitrogen and oxygen atoms in total. The minimum Gasteiger partial charge on any atom is -0.310 e. The zero-order valence-electron chi connectivity index (χ0n) is 10.9. The van der Waals surface area contributed by atoms with E-state index < -0.39 is 17.6 Å². The number of benzene rings is 1. The van der Waals surface area contributed by atoms with E-state index in [1.54, 1.807) is 11.8 Å². The third-order valence-electron chi connectivity index (χ3n) is 2.64. The summed E-state index contributed by atoms with van der Waals surface area (Å²) in [5, 5.41) is 3.15. The van der Waals surface area contributed by atoms with Gasteiger partial charge in [0.25, 0.3) is 0 Å². The highest BCUT2D eigenvalue weighted by Crippen LogP contribution is 2.32. The van der Waals surface area contributed by atoms with Crippen LogP contribution in [0.25, 0.3) is 0 Å². The SMILES string of the molecule is CCNC(CSCC)c1ccc(C(F)(F)F)c(F)c1. The van der Waals surface area contributed by atoms with Crippen LogP contribution in [0.2, 0.25) is 0 Å². The summed E-state index contributed by atoms with van der Waals surface area (Å²) in [6.07, 6.45) is -4.64. The molecule has 19 heavy (non-hydrogen) atoms. The number of nitrogens with one attached hydrogen (secondary N) is 1. The highest BCUT2D eigenvalue weighted by Gasteiger charge is 2.34. The van der Waals surface area contributed by atoms with Crippen molar-refractivity contribution < 1.29 is 17.6 Å². The first-order valence-corrected chi connectivity index (χ1v) is 7.23. The van der Waals surface area contributed by atoms with Crippen molar-refractivity contribution in [1.82, 2.24) is 5.32 Å². The van der Waals surface area contributed by atoms with Gasteiger partial charge in [-0.2, -0.15) is 24.9 Å². The zero-order chi connectivity index (χ0) is 14.5. The van der Waals surface area contributed by atoms with Crippen molar-refractivity contribution in [2.24, 2.45) is 0 Å². The summed E-state index contributed by atoms with van der Waals surface area (Å²) in [6, 6.07) is 3.00. The Morgan fingerprint density at radius 1 is 1.26 bits per heavy atom. The van der Waals surface area contributed by atoms with Crippen LogP contribution in [-0.2, 0) is 6.18 Å². The molecule has 0 bridgehead atoms. The van der Waals surface area contributed by atoms with Crippen molar-refractivity contribution in [2.45, 2.75) is 26.1 Å². The fourth-order valence-corrected chi connectivity index (χ4v) is 2.51. The highest BCUT2D eigenvalue weighted by atomic mass is 32.2. The lowest BCUT2D eigenvalue weighted by Gasteiger charge is -2.19. The largest absolute Gasteiger partial charge is 0.419 e. The molecule has 0 aromatic heterocycles. The summed E-state index contributed by atoms with van der Waals surface area (Å²) in [6.45, 7) is 4.59. The van der Waals surface area contributed by atoms with Gasteiger partial charge < -0.3 is 5.32 Å². The molecular weight excluding hydrogens is 278 g/mol. The molecule has 6 heteroatoms. The molecule has 1 aromatic rings. The molecule has 1 rings (SSSR count). The third kappa shape index (κ3) is 4.69. The molecule has 1 N–H and O–H groups in total. The minimum atomic E-state index is -4.64. The summed E-state index contributed by atoms with van der Waals surface area (Å²) in [7, 11) is 0. The predicted molar refractivity (Wildman–Crippen MR) is 70.8 cm³/mol. The monoisotopic (exact) mass is 295 g/mol. The lowest BCUT2D eigenvalue weighted by Crippen LogP contribution is -2.23. The lowest BCUT2D eigenvalue weighted by atomic mass is 10.0. The molecule has 0 heterocycles. The summed E-state index contributed by atoms with van der Waals surface area (Å²) >= 11 is 1.66. The minimum absolute atomic E-state index is 0.133. The van der Waals surface area contributed by atoms with Crippen LogP contribution in [0.3, 0.4) is 0 Å². The van der Waals surface area contributed by atoms with Crippen molar-refractivity contribution in [2.75, 3.05) is 18.1 Å². The van der Waals surface area contributed by atoms with Gasteiger partial charge in [0.05, 0.1) is 5.56 Å². The van der Waals surface area contributed by atoms with E-state index in [4.69, 9.17) is 0 Å². The maximum atomic E-state index is 13.5. The molecule has 1 unspecified atom stereocenters. The van der Waals surface area contributed by atoms with Gasteiger partial charge in [0.1, 0.15) is 5.82 Å². The Bertz CT molecular complexity index is 406. The molecule has 108 valence electrons. The first-order chi connectivity index (χ1) is 8.90. The molecular formula is C13H17F4NS. The Morgan fingerprint density at radius 2 is 1.95 bits per heavy atom. The number of alkyl halides is 3. The van der Waals surface area contributed by atoms with Gasteiger partial charge in [0.15, 0.2) is 0 Å². The molecule has 1 atom stereocenters. The van der Waals surface area contributed by atoms with Crippen LogP contribution in [-0.4, -0.2) is 18.1 Å². The van der Waals surface area contributed by atoms with E-state index in [9.17, 15) is 17.6 Å². The Kier molecular flexibility index (Phi) is 6.13. The Morgan fingerprint density at radius 3 is 2.42 bits per heavy atom. The number of halogens is 4. The van der Waals surface area contributed by atoms with Crippen LogP contribution in [0.5, 0.6) is 0 Å². The topological polar surface area (TPSA) is 12.0 Å². The molecule has 0 amide bonds. The predicted octanol–water partition coefficient (Wildman–Crippen LogP) is 4.25. The zero-order valence-corrected chi connectivity index (χ0v) is 11.7. The lowest BCUT2D eigenvalue weighted by molar-refractivity contribution is -0.140. The second kappa shape index (κ2) is 7.14. The van der Waals surface area contributed by atoms with Crippen LogP contribution < -0.4 is 5.32 Å². The Hall–Kier alpha value is -0.750. The van der Waals surface area contributed by atoms with Crippen LogP contribution >= 0.6 is 11.8 Å². The van der Waals surface area contributed by atoms with Gasteiger partial charge >= 0.3 is 6.18 Å². The fourth-order valence-electron chi connectivity index (χ4n) is 1.73. The summed E-state index contributed by atoms with van der Waals surface area (Å²) in [5.74, 6) is 0.398. The van der Waals surface area contributed by atoms with Crippen LogP contribution in [0, 0.1) is 5.82 Å². The van der Waals surface area contributed by atoms with Gasteiger partial charge in [0, 0.05) is 11.8 Å². The quantitative estimate of drug-likeness (QED) is 0.787. The molecule has 0 fully saturated rings. The van der Waals surface area contributed by atoms with E-state index in [0.29, 0.717) is 17.9 Å². The maximum Gasteiger partial charge on any atom is 0.419 e. The smallest absolute Gasteiger partial charge is 0.310 e. The third-order valence-corrected chi connectivity index (χ3v) is 3.62. The average molecular weight is 295 g/mol. The molecule has 0 aliphatic heterocycles. The fraction of sp³-hybridized carbons (Fsp3) is 0.538. The summed E-state index contributed by atoms with van der Waals surface area (Å²) in [4.78, 5) is 0. The average Bonchev–Trinajstić information content (AvgIpc) is 2.32. The van der Waals surface area contributed by atoms with Gasteiger partial charge in [-0.1, -0.05) is 19.9 Å². The maximum absolute atomic E-state index is 13.5. The van der Waals surface area contributed by atoms with Crippen molar-refractivity contribution in [3.63, 3.8) is 0 Å². The second-order valence-corrected chi connectivity index (χ2v) is 5.33. The number of rotatable bonds is 6. The number of thioether (sulfide) groups is 1. The van der Waals surface area contributed by atoms with Gasteiger partial charge in [0.2, 0.25) is 0 Å². The van der Waals surface area contributed by atoms with Crippen molar-refractivity contribution in [1.29, 1.82) is 0 Å². The van der Waals surface area contributed by atoms with Crippen LogP contribution in [0.4, 0.5) is 17.6 Å². The standard InChI is InChI=1S/C13H17F4NS/c1-3-18-12(8-19-4-2)9-5-6-10(11(14)7-9)13(15,16)17/h5-7,12,18H,3-4,8H2,1-2H3. The molecule has 0 saturated heterocycles. The van der Waals surface area contributed by atoms with E-state index in [-0.39, 0.29) is 6.04 Å². The van der Waals surface area contributed by atoms with Crippen LogP contribution in [0.15, 0.2) is 18.2 Å². The Balaban J connectivity index is 2.96. The van der Waals surface area contributed by atoms with Crippen LogP contribution in [0.1, 0.15) is 31.0 Å². The van der Waals surface area contributed by atoms with Crippen molar-refractivity contribution >= 4 is 11.8 Å². The van der Waals surface area contributed by atoms with E-state index in [1.807, 2.05) is 13.8 Å². The second-order valence-electron chi connectivity index (χ2n) is 4.01. The van der Waals surface area contributed by atoms with Crippen molar-refractivity contribution in [3.05, 3.63) is 35.1 Å². The first-order valence-electron chi connectivity index (χ1n) is 6.07. The molecule has 0 radical (unpaired) electrons. The number of hydrogen-bond donors (Lipinski definition) is 1. The van der Waals surface area contributed by atoms with Gasteiger partial charge in [-0.05, 0) is 30.0 Å². The molecule has 0 aliphatic carbocycles. The van der Waals surface area contributed by atoms with E-state index in [1.165, 1.54) is 6.07 Å². The molecule has 0 saturated carbocycles. The van der Waals surface area contributed by atoms with E-state index >= 15 is 0 Å². The van der Waals surface area contributed by atoms with E-state index in [2.05, 4.69) is 5.32 Å². The highest BCUT2D eigenvalue weighted by molar-refractivity contribution is 7.99. The molecule has 0 aliphatic rings. The summed E-state index contributed by atoms with van der Waals surface area (Å²) < 4.78 is 50.9. The number of hydrogen-bond acceptors (Lipinski definition) is 2. The first kappa shape index (κ1) is 16.3. The molecule has 1 aromatic carbocycles. The van der Waals surface area contributed by atoms with Crippen molar-refractivity contribution in [3.8, 4) is 0 Å². The van der Waals surface area contributed by atoms with E-state index in [0.717, 1.165) is 17.9 Å².